The van der Waals surface area contributed by atoms with Gasteiger partial charge in [0.15, 0.2) is 23.0 Å². The highest BCUT2D eigenvalue weighted by Crippen LogP contribution is 2.31. The van der Waals surface area contributed by atoms with Gasteiger partial charge >= 0.3 is 5.97 Å². The van der Waals surface area contributed by atoms with Gasteiger partial charge in [-0.1, -0.05) is 29.3 Å². The SMILES string of the molecule is CCOc1ccc(C(=O)Nc2cccc(C(=O)NN=Cc3ccc(OC(=O)c4ccc(Cl)cc4Cl)c(OC)c3)c2)cc1OCC. The fourth-order valence-corrected chi connectivity index (χ4v) is 4.51. The lowest BCUT2D eigenvalue weighted by Gasteiger charge is -2.12. The van der Waals surface area contributed by atoms with E-state index < -0.39 is 11.9 Å². The number of carbonyl (C=O) groups is 3. The Morgan fingerprint density at radius 3 is 2.24 bits per heavy atom. The second-order valence-corrected chi connectivity index (χ2v) is 10.0. The maximum Gasteiger partial charge on any atom is 0.345 e. The number of methoxy groups -OCH3 is 1. The van der Waals surface area contributed by atoms with Crippen molar-refractivity contribution in [2.24, 2.45) is 5.10 Å². The molecule has 232 valence electrons. The number of ether oxygens (including phenoxy) is 4. The molecule has 0 saturated heterocycles. The highest BCUT2D eigenvalue weighted by Gasteiger charge is 2.17. The molecule has 0 aliphatic heterocycles. The van der Waals surface area contributed by atoms with Gasteiger partial charge in [-0.2, -0.15) is 5.10 Å². The van der Waals surface area contributed by atoms with E-state index in [1.807, 2.05) is 13.8 Å². The zero-order valence-electron chi connectivity index (χ0n) is 24.6. The van der Waals surface area contributed by atoms with E-state index in [9.17, 15) is 14.4 Å². The summed E-state index contributed by atoms with van der Waals surface area (Å²) in [7, 11) is 1.42. The van der Waals surface area contributed by atoms with Gasteiger partial charge in [0, 0.05) is 21.8 Å². The number of anilines is 1. The molecule has 0 radical (unpaired) electrons. The standard InChI is InChI=1S/C33H29Cl2N3O7/c1-4-43-27-14-10-22(17-30(27)44-5-2)31(39)37-24-8-6-7-21(16-24)32(40)38-36-19-20-9-13-28(29(15-20)42-3)45-33(41)25-12-11-23(34)18-26(25)35/h6-19H,4-5H2,1-3H3,(H,37,39)(H,38,40). The van der Waals surface area contributed by atoms with Crippen molar-refractivity contribution in [3.63, 3.8) is 0 Å². The number of halogens is 2. The van der Waals surface area contributed by atoms with E-state index >= 15 is 0 Å². The summed E-state index contributed by atoms with van der Waals surface area (Å²) in [4.78, 5) is 38.3. The summed E-state index contributed by atoms with van der Waals surface area (Å²) >= 11 is 12.0. The highest BCUT2D eigenvalue weighted by atomic mass is 35.5. The molecule has 0 fully saturated rings. The molecule has 12 heteroatoms. The summed E-state index contributed by atoms with van der Waals surface area (Å²) in [6, 6.07) is 20.5. The summed E-state index contributed by atoms with van der Waals surface area (Å²) in [5.74, 6) is -0.132. The summed E-state index contributed by atoms with van der Waals surface area (Å²) in [6.07, 6.45) is 1.40. The number of amides is 2. The molecule has 2 amide bonds. The predicted octanol–water partition coefficient (Wildman–Crippen LogP) is 7.03. The minimum Gasteiger partial charge on any atom is -0.493 e. The summed E-state index contributed by atoms with van der Waals surface area (Å²) in [5, 5.41) is 7.34. The first-order valence-electron chi connectivity index (χ1n) is 13.7. The van der Waals surface area contributed by atoms with E-state index in [-0.39, 0.29) is 33.6 Å². The van der Waals surface area contributed by atoms with Gasteiger partial charge in [-0.15, -0.1) is 0 Å². The number of hydrogen-bond acceptors (Lipinski definition) is 8. The van der Waals surface area contributed by atoms with E-state index in [4.69, 9.17) is 42.1 Å². The molecule has 0 bridgehead atoms. The van der Waals surface area contributed by atoms with E-state index in [0.717, 1.165) is 0 Å². The monoisotopic (exact) mass is 649 g/mol. The molecule has 4 aromatic carbocycles. The first kappa shape index (κ1) is 32.8. The Bertz CT molecular complexity index is 1740. The van der Waals surface area contributed by atoms with Crippen molar-refractivity contribution < 1.29 is 33.3 Å². The van der Waals surface area contributed by atoms with E-state index in [1.54, 1.807) is 48.5 Å². The van der Waals surface area contributed by atoms with Crippen LogP contribution in [0.5, 0.6) is 23.0 Å². The third kappa shape index (κ3) is 8.75. The molecule has 2 N–H and O–H groups in total. The predicted molar refractivity (Wildman–Crippen MR) is 173 cm³/mol. The molecule has 0 heterocycles. The van der Waals surface area contributed by atoms with Gasteiger partial charge in [0.1, 0.15) is 0 Å². The van der Waals surface area contributed by atoms with Gasteiger partial charge in [0.2, 0.25) is 0 Å². The lowest BCUT2D eigenvalue weighted by Crippen LogP contribution is -2.18. The van der Waals surface area contributed by atoms with Gasteiger partial charge in [-0.25, -0.2) is 10.2 Å². The molecule has 0 aromatic heterocycles. The van der Waals surface area contributed by atoms with Crippen LogP contribution in [-0.4, -0.2) is 44.3 Å². The van der Waals surface area contributed by atoms with Crippen molar-refractivity contribution in [3.8, 4) is 23.0 Å². The number of nitrogens with one attached hydrogen (secondary N) is 2. The first-order chi connectivity index (χ1) is 21.7. The normalized spacial score (nSPS) is 10.7. The fourth-order valence-electron chi connectivity index (χ4n) is 4.02. The maximum absolute atomic E-state index is 12.9. The van der Waals surface area contributed by atoms with E-state index in [2.05, 4.69) is 15.8 Å². The summed E-state index contributed by atoms with van der Waals surface area (Å²) < 4.78 is 22.0. The van der Waals surface area contributed by atoms with Crippen LogP contribution < -0.4 is 29.7 Å². The molecular formula is C33H29Cl2N3O7. The maximum atomic E-state index is 12.9. The van der Waals surface area contributed by atoms with Crippen LogP contribution in [0.1, 0.15) is 50.5 Å². The van der Waals surface area contributed by atoms with Gasteiger partial charge in [-0.3, -0.25) is 9.59 Å². The van der Waals surface area contributed by atoms with Crippen LogP contribution in [0.2, 0.25) is 10.0 Å². The molecule has 4 rings (SSSR count). The molecule has 10 nitrogen and oxygen atoms in total. The zero-order valence-corrected chi connectivity index (χ0v) is 26.1. The van der Waals surface area contributed by atoms with Crippen LogP contribution in [0.25, 0.3) is 0 Å². The molecule has 0 aliphatic carbocycles. The Balaban J connectivity index is 1.38. The smallest absolute Gasteiger partial charge is 0.345 e. The van der Waals surface area contributed by atoms with Crippen molar-refractivity contribution >= 4 is 52.9 Å². The van der Waals surface area contributed by atoms with Crippen LogP contribution in [0.15, 0.2) is 84.0 Å². The summed E-state index contributed by atoms with van der Waals surface area (Å²) in [6.45, 7) is 4.59. The largest absolute Gasteiger partial charge is 0.493 e. The molecular weight excluding hydrogens is 621 g/mol. The minimum absolute atomic E-state index is 0.145. The van der Waals surface area contributed by atoms with Crippen LogP contribution in [0, 0.1) is 0 Å². The van der Waals surface area contributed by atoms with E-state index in [1.165, 1.54) is 43.7 Å². The second kappa shape index (κ2) is 15.6. The average molecular weight is 651 g/mol. The molecule has 4 aromatic rings. The van der Waals surface area contributed by atoms with Crippen molar-refractivity contribution in [2.75, 3.05) is 25.6 Å². The molecule has 45 heavy (non-hydrogen) atoms. The average Bonchev–Trinajstić information content (AvgIpc) is 3.02. The van der Waals surface area contributed by atoms with Gasteiger partial charge < -0.3 is 24.3 Å². The first-order valence-corrected chi connectivity index (χ1v) is 14.5. The third-order valence-corrected chi connectivity index (χ3v) is 6.66. The van der Waals surface area contributed by atoms with Gasteiger partial charge in [0.05, 0.1) is 37.1 Å². The Kier molecular flexibility index (Phi) is 11.4. The third-order valence-electron chi connectivity index (χ3n) is 6.11. The molecule has 0 aliphatic rings. The quantitative estimate of drug-likeness (QED) is 0.0730. The van der Waals surface area contributed by atoms with Crippen molar-refractivity contribution in [3.05, 3.63) is 111 Å². The van der Waals surface area contributed by atoms with Crippen molar-refractivity contribution in [1.82, 2.24) is 5.43 Å². The number of hydrogen-bond donors (Lipinski definition) is 2. The molecule has 0 unspecified atom stereocenters. The number of carbonyl (C=O) groups excluding carboxylic acids is 3. The van der Waals surface area contributed by atoms with Crippen LogP contribution in [0.3, 0.4) is 0 Å². The Hall–Kier alpha value is -5.06. The lowest BCUT2D eigenvalue weighted by atomic mass is 10.1. The van der Waals surface area contributed by atoms with Crippen molar-refractivity contribution in [1.29, 1.82) is 0 Å². The molecule has 0 atom stereocenters. The number of rotatable bonds is 12. The van der Waals surface area contributed by atoms with Gasteiger partial charge in [-0.05, 0) is 92.2 Å². The zero-order chi connectivity index (χ0) is 32.3. The number of esters is 1. The van der Waals surface area contributed by atoms with Crippen molar-refractivity contribution in [2.45, 2.75) is 13.8 Å². The lowest BCUT2D eigenvalue weighted by molar-refractivity contribution is 0.0729. The second-order valence-electron chi connectivity index (χ2n) is 9.19. The van der Waals surface area contributed by atoms with Gasteiger partial charge in [0.25, 0.3) is 11.8 Å². The number of benzene rings is 4. The Morgan fingerprint density at radius 2 is 1.51 bits per heavy atom. The Morgan fingerprint density at radius 1 is 0.778 bits per heavy atom. The molecule has 0 spiro atoms. The highest BCUT2D eigenvalue weighted by molar-refractivity contribution is 6.36. The minimum atomic E-state index is -0.684. The number of nitrogens with zero attached hydrogens (tertiary/aromatic N) is 1. The molecule has 0 saturated carbocycles. The van der Waals surface area contributed by atoms with Crippen LogP contribution >= 0.6 is 23.2 Å². The fraction of sp³-hybridized carbons (Fsp3) is 0.152. The van der Waals surface area contributed by atoms with Crippen LogP contribution in [0.4, 0.5) is 5.69 Å². The Labute approximate surface area is 269 Å². The van der Waals surface area contributed by atoms with Crippen LogP contribution in [-0.2, 0) is 0 Å². The number of hydrazone groups is 1. The topological polar surface area (TPSA) is 125 Å². The summed E-state index contributed by atoms with van der Waals surface area (Å²) in [5.41, 5.74) is 4.20. The van der Waals surface area contributed by atoms with E-state index in [0.29, 0.717) is 46.5 Å².